The van der Waals surface area contributed by atoms with Crippen LogP contribution >= 0.6 is 24.0 Å². The van der Waals surface area contributed by atoms with Crippen molar-refractivity contribution in [2.45, 2.75) is 0 Å². The number of nitrogens with one attached hydrogen (secondary N) is 1. The Kier molecular flexibility index (Phi) is 4.51. The Morgan fingerprint density at radius 3 is 2.35 bits per heavy atom. The van der Waals surface area contributed by atoms with E-state index in [2.05, 4.69) is 5.32 Å². The Balaban J connectivity index is 2.50. The van der Waals surface area contributed by atoms with Gasteiger partial charge in [0.2, 0.25) is 5.75 Å². The van der Waals surface area contributed by atoms with Gasteiger partial charge in [-0.25, -0.2) is 0 Å². The van der Waals surface area contributed by atoms with Crippen molar-refractivity contribution in [2.75, 3.05) is 21.3 Å². The standard InChI is InChI=1S/C13H13NO4S2/c1-16-8-5-4-7(10(17-2)11(8)18-3)6-9-12(19)14-13(15)20-9/h4-6H,1-3H3,(H,14,15,19)/b9-6+. The Morgan fingerprint density at radius 2 is 1.85 bits per heavy atom. The topological polar surface area (TPSA) is 56.8 Å². The molecule has 7 heteroatoms. The van der Waals surface area contributed by atoms with Gasteiger partial charge < -0.3 is 19.5 Å². The Labute approximate surface area is 126 Å². The summed E-state index contributed by atoms with van der Waals surface area (Å²) in [5.74, 6) is 1.60. The molecule has 0 atom stereocenters. The lowest BCUT2D eigenvalue weighted by Gasteiger charge is -2.14. The van der Waals surface area contributed by atoms with E-state index in [0.717, 1.165) is 17.3 Å². The zero-order chi connectivity index (χ0) is 14.7. The van der Waals surface area contributed by atoms with Crippen molar-refractivity contribution in [1.82, 2.24) is 5.32 Å². The van der Waals surface area contributed by atoms with Gasteiger partial charge in [-0.05, 0) is 30.0 Å². The summed E-state index contributed by atoms with van der Waals surface area (Å²) in [4.78, 5) is 12.4. The van der Waals surface area contributed by atoms with Crippen LogP contribution in [0.4, 0.5) is 4.79 Å². The van der Waals surface area contributed by atoms with Gasteiger partial charge in [0, 0.05) is 5.56 Å². The number of carbonyl (C=O) groups is 1. The first-order valence-electron chi connectivity index (χ1n) is 5.64. The summed E-state index contributed by atoms with van der Waals surface area (Å²) in [5, 5.41) is 2.39. The highest BCUT2D eigenvalue weighted by molar-refractivity contribution is 8.19. The molecule has 1 aliphatic rings. The summed E-state index contributed by atoms with van der Waals surface area (Å²) in [6, 6.07) is 3.59. The summed E-state index contributed by atoms with van der Waals surface area (Å²) in [5.41, 5.74) is 0.756. The maximum Gasteiger partial charge on any atom is 0.289 e. The number of ether oxygens (including phenoxy) is 3. The molecule has 1 amide bonds. The third kappa shape index (κ3) is 2.73. The average Bonchev–Trinajstić information content (AvgIpc) is 2.76. The molecule has 1 aromatic carbocycles. The summed E-state index contributed by atoms with van der Waals surface area (Å²) in [6.45, 7) is 0. The molecule has 5 nitrogen and oxygen atoms in total. The number of benzene rings is 1. The van der Waals surface area contributed by atoms with Crippen molar-refractivity contribution < 1.29 is 19.0 Å². The van der Waals surface area contributed by atoms with Gasteiger partial charge in [-0.3, -0.25) is 4.79 Å². The number of hydrogen-bond acceptors (Lipinski definition) is 6. The summed E-state index contributed by atoms with van der Waals surface area (Å²) < 4.78 is 15.9. The van der Waals surface area contributed by atoms with Crippen molar-refractivity contribution in [1.29, 1.82) is 0 Å². The number of rotatable bonds is 4. The highest BCUT2D eigenvalue weighted by atomic mass is 32.2. The first-order valence-corrected chi connectivity index (χ1v) is 6.87. The predicted molar refractivity (Wildman–Crippen MR) is 82.8 cm³/mol. The zero-order valence-corrected chi connectivity index (χ0v) is 12.8. The van der Waals surface area contributed by atoms with Crippen molar-refractivity contribution in [3.8, 4) is 17.2 Å². The minimum atomic E-state index is -0.180. The van der Waals surface area contributed by atoms with Crippen LogP contribution in [0.1, 0.15) is 5.56 Å². The number of methoxy groups -OCH3 is 3. The van der Waals surface area contributed by atoms with Crippen LogP contribution in [0.25, 0.3) is 6.08 Å². The Bertz CT molecular complexity index is 598. The predicted octanol–water partition coefficient (Wildman–Crippen LogP) is 2.84. The molecule has 1 aromatic rings. The Morgan fingerprint density at radius 1 is 1.15 bits per heavy atom. The van der Waals surface area contributed by atoms with E-state index in [0.29, 0.717) is 27.1 Å². The van der Waals surface area contributed by atoms with E-state index in [9.17, 15) is 4.79 Å². The minimum absolute atomic E-state index is 0.180. The molecule has 0 unspecified atom stereocenters. The summed E-state index contributed by atoms with van der Waals surface area (Å²) in [6.07, 6.45) is 1.78. The molecule has 1 saturated heterocycles. The highest BCUT2D eigenvalue weighted by Crippen LogP contribution is 2.41. The molecule has 0 spiro atoms. The van der Waals surface area contributed by atoms with Gasteiger partial charge >= 0.3 is 0 Å². The maximum atomic E-state index is 11.3. The molecule has 20 heavy (non-hydrogen) atoms. The van der Waals surface area contributed by atoms with E-state index >= 15 is 0 Å². The van der Waals surface area contributed by atoms with Gasteiger partial charge in [-0.2, -0.15) is 0 Å². The van der Waals surface area contributed by atoms with Crippen LogP contribution in [0.5, 0.6) is 17.2 Å². The minimum Gasteiger partial charge on any atom is -0.493 e. The van der Waals surface area contributed by atoms with E-state index in [-0.39, 0.29) is 5.24 Å². The van der Waals surface area contributed by atoms with Gasteiger partial charge in [0.15, 0.2) is 11.5 Å². The van der Waals surface area contributed by atoms with E-state index in [4.69, 9.17) is 26.4 Å². The molecular formula is C13H13NO4S2. The van der Waals surface area contributed by atoms with Crippen LogP contribution in [-0.4, -0.2) is 31.6 Å². The van der Waals surface area contributed by atoms with Crippen LogP contribution in [0.15, 0.2) is 17.0 Å². The van der Waals surface area contributed by atoms with Crippen molar-refractivity contribution in [2.24, 2.45) is 0 Å². The SMILES string of the molecule is COc1ccc(/C=C2/SC(=O)NC2=S)c(OC)c1OC. The van der Waals surface area contributed by atoms with Gasteiger partial charge in [0.25, 0.3) is 5.24 Å². The maximum absolute atomic E-state index is 11.3. The molecule has 1 aliphatic heterocycles. The Hall–Kier alpha value is -1.73. The molecule has 0 bridgehead atoms. The first-order chi connectivity index (χ1) is 9.60. The number of thiocarbonyl (C=S) groups is 1. The molecule has 106 valence electrons. The fourth-order valence-electron chi connectivity index (χ4n) is 1.80. The lowest BCUT2D eigenvalue weighted by molar-refractivity contribution is 0.265. The fraction of sp³-hybridized carbons (Fsp3) is 0.231. The van der Waals surface area contributed by atoms with Crippen LogP contribution in [0.3, 0.4) is 0 Å². The van der Waals surface area contributed by atoms with Gasteiger partial charge in [-0.1, -0.05) is 12.2 Å². The van der Waals surface area contributed by atoms with E-state index < -0.39 is 0 Å². The van der Waals surface area contributed by atoms with E-state index in [1.807, 2.05) is 6.07 Å². The first kappa shape index (κ1) is 14.7. The van der Waals surface area contributed by atoms with E-state index in [1.165, 1.54) is 7.11 Å². The van der Waals surface area contributed by atoms with Crippen LogP contribution < -0.4 is 19.5 Å². The molecule has 1 N–H and O–H groups in total. The summed E-state index contributed by atoms with van der Waals surface area (Å²) in [7, 11) is 4.64. The largest absolute Gasteiger partial charge is 0.493 e. The molecule has 1 heterocycles. The normalized spacial score (nSPS) is 16.2. The van der Waals surface area contributed by atoms with Crippen molar-refractivity contribution in [3.05, 3.63) is 22.6 Å². The van der Waals surface area contributed by atoms with Crippen LogP contribution in [0.2, 0.25) is 0 Å². The number of thioether (sulfide) groups is 1. The second kappa shape index (κ2) is 6.15. The highest BCUT2D eigenvalue weighted by Gasteiger charge is 2.23. The molecule has 0 saturated carbocycles. The average molecular weight is 311 g/mol. The third-order valence-electron chi connectivity index (χ3n) is 2.66. The van der Waals surface area contributed by atoms with Gasteiger partial charge in [-0.15, -0.1) is 0 Å². The van der Waals surface area contributed by atoms with Gasteiger partial charge in [0.1, 0.15) is 4.99 Å². The summed E-state index contributed by atoms with van der Waals surface area (Å²) >= 11 is 6.14. The lowest BCUT2D eigenvalue weighted by atomic mass is 10.1. The zero-order valence-electron chi connectivity index (χ0n) is 11.2. The number of carbonyl (C=O) groups excluding carboxylic acids is 1. The smallest absolute Gasteiger partial charge is 0.289 e. The second-order valence-corrected chi connectivity index (χ2v) is 5.20. The van der Waals surface area contributed by atoms with Gasteiger partial charge in [0.05, 0.1) is 26.2 Å². The van der Waals surface area contributed by atoms with Crippen molar-refractivity contribution in [3.63, 3.8) is 0 Å². The number of amides is 1. The molecule has 0 aliphatic carbocycles. The van der Waals surface area contributed by atoms with E-state index in [1.54, 1.807) is 26.4 Å². The van der Waals surface area contributed by atoms with Crippen LogP contribution in [0, 0.1) is 0 Å². The molecule has 0 aromatic heterocycles. The van der Waals surface area contributed by atoms with Crippen LogP contribution in [-0.2, 0) is 0 Å². The molecule has 0 radical (unpaired) electrons. The molecular weight excluding hydrogens is 298 g/mol. The monoisotopic (exact) mass is 311 g/mol. The fourth-order valence-corrected chi connectivity index (χ4v) is 2.82. The molecule has 1 fully saturated rings. The lowest BCUT2D eigenvalue weighted by Crippen LogP contribution is -2.15. The third-order valence-corrected chi connectivity index (χ3v) is 3.94. The quantitative estimate of drug-likeness (QED) is 0.681. The molecule has 2 rings (SSSR count). The number of hydrogen-bond donors (Lipinski definition) is 1. The van der Waals surface area contributed by atoms with Crippen molar-refractivity contribution >= 4 is 40.3 Å². The second-order valence-electron chi connectivity index (χ2n) is 3.78.